The summed E-state index contributed by atoms with van der Waals surface area (Å²) in [6.07, 6.45) is 3.80. The van der Waals surface area contributed by atoms with E-state index in [1.807, 2.05) is 24.3 Å². The van der Waals surface area contributed by atoms with Crippen molar-refractivity contribution in [1.82, 2.24) is 4.81 Å². The smallest absolute Gasteiger partial charge is 0.383 e. The average molecular weight is 332 g/mol. The largest absolute Gasteiger partial charge is 0.491 e. The number of benzene rings is 1. The monoisotopic (exact) mass is 332 g/mol. The van der Waals surface area contributed by atoms with Crippen molar-refractivity contribution in [3.05, 3.63) is 29.8 Å². The summed E-state index contributed by atoms with van der Waals surface area (Å²) < 4.78 is 12.0. The van der Waals surface area contributed by atoms with Crippen LogP contribution in [0.3, 0.4) is 0 Å². The molecular formula is C18H29BN2O3. The van der Waals surface area contributed by atoms with Gasteiger partial charge in [-0.3, -0.25) is 4.79 Å². The third-order valence-corrected chi connectivity index (χ3v) is 4.34. The van der Waals surface area contributed by atoms with Gasteiger partial charge in [0.05, 0.1) is 12.5 Å². The molecule has 0 saturated carbocycles. The van der Waals surface area contributed by atoms with E-state index in [0.717, 1.165) is 24.2 Å². The Balaban J connectivity index is 1.84. The predicted octanol–water partition coefficient (Wildman–Crippen LogP) is 2.49. The summed E-state index contributed by atoms with van der Waals surface area (Å²) in [7, 11) is 0.205. The second-order valence-electron chi connectivity index (χ2n) is 6.74. The zero-order valence-electron chi connectivity index (χ0n) is 15.0. The first-order chi connectivity index (χ1) is 11.5. The fraction of sp³-hybridized carbons (Fsp3) is 0.611. The number of nitrogens with zero attached hydrogens (tertiary/aromatic N) is 1. The van der Waals surface area contributed by atoms with Crippen LogP contribution in [0.25, 0.3) is 0 Å². The molecule has 1 atom stereocenters. The van der Waals surface area contributed by atoms with Crippen LogP contribution in [-0.4, -0.2) is 43.1 Å². The summed E-state index contributed by atoms with van der Waals surface area (Å²) >= 11 is 0. The van der Waals surface area contributed by atoms with Gasteiger partial charge in [-0.2, -0.15) is 0 Å². The Hall–Kier alpha value is -1.53. The van der Waals surface area contributed by atoms with Crippen LogP contribution >= 0.6 is 0 Å². The van der Waals surface area contributed by atoms with Gasteiger partial charge in [0.2, 0.25) is 5.91 Å². The number of hydrogen-bond acceptors (Lipinski definition) is 4. The van der Waals surface area contributed by atoms with Gasteiger partial charge in [-0.25, -0.2) is 0 Å². The summed E-state index contributed by atoms with van der Waals surface area (Å²) in [5.74, 6) is 0.467. The fourth-order valence-corrected chi connectivity index (χ4v) is 3.04. The Kier molecular flexibility index (Phi) is 7.12. The molecule has 0 bridgehead atoms. The molecule has 0 spiro atoms. The second kappa shape index (κ2) is 9.09. The summed E-state index contributed by atoms with van der Waals surface area (Å²) in [6.45, 7) is 8.08. The summed E-state index contributed by atoms with van der Waals surface area (Å²) in [6, 6.07) is 7.98. The molecule has 1 aliphatic rings. The van der Waals surface area contributed by atoms with Gasteiger partial charge in [-0.1, -0.05) is 45.7 Å². The van der Waals surface area contributed by atoms with E-state index in [-0.39, 0.29) is 25.5 Å². The van der Waals surface area contributed by atoms with E-state index in [2.05, 4.69) is 25.6 Å². The Morgan fingerprint density at radius 3 is 2.71 bits per heavy atom. The molecule has 1 unspecified atom stereocenters. The molecule has 24 heavy (non-hydrogen) atoms. The Labute approximate surface area is 145 Å². The van der Waals surface area contributed by atoms with Gasteiger partial charge in [0.15, 0.2) is 0 Å². The minimum atomic E-state index is -0.324. The van der Waals surface area contributed by atoms with Crippen LogP contribution in [0.4, 0.5) is 0 Å². The zero-order chi connectivity index (χ0) is 17.5. The fourth-order valence-electron chi connectivity index (χ4n) is 3.04. The lowest BCUT2D eigenvalue weighted by molar-refractivity contribution is -0.117. The van der Waals surface area contributed by atoms with E-state index < -0.39 is 0 Å². The Morgan fingerprint density at radius 2 is 2.12 bits per heavy atom. The van der Waals surface area contributed by atoms with E-state index in [0.29, 0.717) is 12.6 Å². The molecule has 1 saturated heterocycles. The number of primary amides is 1. The van der Waals surface area contributed by atoms with Crippen molar-refractivity contribution in [2.75, 3.05) is 13.2 Å². The third-order valence-electron chi connectivity index (χ3n) is 4.34. The highest BCUT2D eigenvalue weighted by Gasteiger charge is 2.38. The molecule has 1 aromatic carbocycles. The maximum Gasteiger partial charge on any atom is 0.383 e. The van der Waals surface area contributed by atoms with Gasteiger partial charge in [0.1, 0.15) is 12.4 Å². The van der Waals surface area contributed by atoms with Gasteiger partial charge in [0, 0.05) is 6.54 Å². The second-order valence-corrected chi connectivity index (χ2v) is 6.74. The highest BCUT2D eigenvalue weighted by molar-refractivity contribution is 6.49. The Morgan fingerprint density at radius 1 is 1.42 bits per heavy atom. The van der Waals surface area contributed by atoms with Crippen molar-refractivity contribution in [2.24, 2.45) is 5.73 Å². The maximum atomic E-state index is 10.9. The zero-order valence-corrected chi connectivity index (χ0v) is 15.0. The molecule has 2 rings (SSSR count). The van der Waals surface area contributed by atoms with E-state index in [4.69, 9.17) is 15.1 Å². The lowest BCUT2D eigenvalue weighted by Gasteiger charge is -2.23. The molecule has 1 heterocycles. The van der Waals surface area contributed by atoms with Gasteiger partial charge in [-0.15, -0.1) is 0 Å². The molecule has 1 aliphatic heterocycles. The molecular weight excluding hydrogens is 303 g/mol. The highest BCUT2D eigenvalue weighted by Crippen LogP contribution is 2.22. The number of carbonyl (C=O) groups is 1. The maximum absolute atomic E-state index is 10.9. The van der Waals surface area contributed by atoms with Crippen molar-refractivity contribution in [3.8, 4) is 5.75 Å². The van der Waals surface area contributed by atoms with Crippen LogP contribution in [0.1, 0.15) is 39.2 Å². The molecule has 0 aliphatic carbocycles. The number of unbranched alkanes of at least 4 members (excludes halogenated alkanes) is 1. The highest BCUT2D eigenvalue weighted by atomic mass is 16.5. The van der Waals surface area contributed by atoms with Crippen molar-refractivity contribution >= 4 is 13.0 Å². The third kappa shape index (κ3) is 5.53. The first-order valence-corrected chi connectivity index (χ1v) is 8.90. The number of carbonyl (C=O) groups excluding carboxylic acids is 1. The molecule has 1 amide bonds. The van der Waals surface area contributed by atoms with Crippen molar-refractivity contribution < 1.29 is 14.2 Å². The normalized spacial score (nSPS) is 18.3. The standard InChI is InChI=1S/C18H29BN2O3/c1-4-5-10-19-21(14(2)3)12-17(24-19)13-23-16-8-6-15(7-9-16)11-18(20)22/h6-9,14,17H,4-5,10-13H2,1-3H3,(H2,20,22). The first kappa shape index (κ1) is 18.8. The van der Waals surface area contributed by atoms with E-state index >= 15 is 0 Å². The lowest BCUT2D eigenvalue weighted by Crippen LogP contribution is -2.39. The van der Waals surface area contributed by atoms with E-state index in [9.17, 15) is 4.79 Å². The number of nitrogens with two attached hydrogens (primary N) is 1. The van der Waals surface area contributed by atoms with Crippen molar-refractivity contribution in [2.45, 2.75) is 58.5 Å². The molecule has 1 fully saturated rings. The average Bonchev–Trinajstić information content (AvgIpc) is 2.95. The lowest BCUT2D eigenvalue weighted by atomic mass is 9.74. The van der Waals surface area contributed by atoms with E-state index in [1.165, 1.54) is 12.8 Å². The molecule has 2 N–H and O–H groups in total. The molecule has 132 valence electrons. The SMILES string of the molecule is CCCCB1OC(COc2ccc(CC(N)=O)cc2)CN1C(C)C. The van der Waals surface area contributed by atoms with Gasteiger partial charge in [0.25, 0.3) is 0 Å². The number of amides is 1. The quantitative estimate of drug-likeness (QED) is 0.706. The van der Waals surface area contributed by atoms with Gasteiger partial charge >= 0.3 is 7.05 Å². The van der Waals surface area contributed by atoms with Crippen LogP contribution in [0.5, 0.6) is 5.75 Å². The van der Waals surface area contributed by atoms with Crippen LogP contribution in [0.2, 0.25) is 6.32 Å². The summed E-state index contributed by atoms with van der Waals surface area (Å²) in [5, 5.41) is 0. The topological polar surface area (TPSA) is 64.8 Å². The molecule has 6 heteroatoms. The van der Waals surface area contributed by atoms with Crippen LogP contribution in [-0.2, 0) is 15.9 Å². The predicted molar refractivity (Wildman–Crippen MR) is 97.0 cm³/mol. The molecule has 5 nitrogen and oxygen atoms in total. The molecule has 0 aromatic heterocycles. The number of ether oxygens (including phenoxy) is 1. The molecule has 0 radical (unpaired) electrons. The molecule has 1 aromatic rings. The number of hydrogen-bond donors (Lipinski definition) is 1. The summed E-state index contributed by atoms with van der Waals surface area (Å²) in [4.78, 5) is 13.3. The van der Waals surface area contributed by atoms with E-state index in [1.54, 1.807) is 0 Å². The Bertz CT molecular complexity index is 522. The minimum Gasteiger partial charge on any atom is -0.491 e. The van der Waals surface area contributed by atoms with Crippen LogP contribution in [0, 0.1) is 0 Å². The van der Waals surface area contributed by atoms with Gasteiger partial charge < -0.3 is 19.9 Å². The van der Waals surface area contributed by atoms with Crippen LogP contribution < -0.4 is 10.5 Å². The van der Waals surface area contributed by atoms with Crippen molar-refractivity contribution in [3.63, 3.8) is 0 Å². The van der Waals surface area contributed by atoms with Crippen LogP contribution in [0.15, 0.2) is 24.3 Å². The van der Waals surface area contributed by atoms with Crippen molar-refractivity contribution in [1.29, 1.82) is 0 Å². The minimum absolute atomic E-state index is 0.0968. The summed E-state index contributed by atoms with van der Waals surface area (Å²) in [5.41, 5.74) is 6.10. The number of rotatable bonds is 9. The van der Waals surface area contributed by atoms with Gasteiger partial charge in [-0.05, 0) is 30.1 Å². The first-order valence-electron chi connectivity index (χ1n) is 8.90.